The van der Waals surface area contributed by atoms with Crippen LogP contribution in [-0.4, -0.2) is 56.9 Å². The van der Waals surface area contributed by atoms with Gasteiger partial charge < -0.3 is 23.8 Å². The summed E-state index contributed by atoms with van der Waals surface area (Å²) >= 11 is 0. The van der Waals surface area contributed by atoms with Crippen LogP contribution in [0.25, 0.3) is 0 Å². The van der Waals surface area contributed by atoms with Crippen LogP contribution in [0.15, 0.2) is 24.0 Å². The first-order valence-electron chi connectivity index (χ1n) is 11.4. The maximum absolute atomic E-state index is 13.5. The zero-order valence-electron chi connectivity index (χ0n) is 19.0. The second-order valence-electron chi connectivity index (χ2n) is 9.97. The molecule has 4 aliphatic carbocycles. The van der Waals surface area contributed by atoms with Crippen LogP contribution in [0.2, 0.25) is 0 Å². The van der Waals surface area contributed by atoms with Crippen molar-refractivity contribution in [1.29, 1.82) is 0 Å². The Morgan fingerprint density at radius 2 is 2.10 bits per heavy atom. The summed E-state index contributed by atoms with van der Waals surface area (Å²) in [5.41, 5.74) is 1.35. The van der Waals surface area contributed by atoms with Gasteiger partial charge in [-0.05, 0) is 64.4 Å². The van der Waals surface area contributed by atoms with Gasteiger partial charge in [0.05, 0.1) is 43.8 Å². The molecule has 6 nitrogen and oxygen atoms in total. The number of piperidine rings is 1. The van der Waals surface area contributed by atoms with Crippen LogP contribution in [0.4, 0.5) is 0 Å². The fourth-order valence-corrected chi connectivity index (χ4v) is 8.30. The number of rotatable bonds is 4. The highest BCUT2D eigenvalue weighted by molar-refractivity contribution is 5.78. The van der Waals surface area contributed by atoms with Crippen LogP contribution in [-0.2, 0) is 26.1 Å². The molecule has 2 fully saturated rings. The first-order chi connectivity index (χ1) is 14.9. The Morgan fingerprint density at radius 1 is 1.29 bits per heavy atom. The van der Waals surface area contributed by atoms with Gasteiger partial charge in [0.1, 0.15) is 5.60 Å². The molecule has 1 aromatic rings. The predicted molar refractivity (Wildman–Crippen MR) is 114 cm³/mol. The first kappa shape index (κ1) is 19.5. The number of likely N-dealkylation sites (tertiary alicyclic amines) is 1. The maximum atomic E-state index is 13.5. The summed E-state index contributed by atoms with van der Waals surface area (Å²) in [7, 11) is 5.64. The van der Waals surface area contributed by atoms with Crippen LogP contribution in [0.1, 0.15) is 37.8 Å². The van der Waals surface area contributed by atoms with Crippen molar-refractivity contribution in [2.24, 2.45) is 17.3 Å². The summed E-state index contributed by atoms with van der Waals surface area (Å²) in [6, 6.07) is 4.42. The van der Waals surface area contributed by atoms with Crippen molar-refractivity contribution in [2.45, 2.75) is 50.2 Å². The largest absolute Gasteiger partial charge is 0.501 e. The number of likely N-dealkylation sites (N-methyl/N-ethyl adjacent to an activating group) is 1. The van der Waals surface area contributed by atoms with Crippen molar-refractivity contribution in [1.82, 2.24) is 4.90 Å². The highest BCUT2D eigenvalue weighted by Gasteiger charge is 2.82. The van der Waals surface area contributed by atoms with Crippen molar-refractivity contribution in [2.75, 3.05) is 34.4 Å². The van der Waals surface area contributed by atoms with Crippen molar-refractivity contribution >= 4 is 5.97 Å². The third kappa shape index (κ3) is 1.86. The van der Waals surface area contributed by atoms with E-state index in [-0.39, 0.29) is 29.3 Å². The summed E-state index contributed by atoms with van der Waals surface area (Å²) in [5.74, 6) is 2.29. The summed E-state index contributed by atoms with van der Waals surface area (Å²) in [4.78, 5) is 15.9. The Kier molecular flexibility index (Phi) is 3.75. The smallest absolute Gasteiger partial charge is 0.309 e. The maximum Gasteiger partial charge on any atom is 0.309 e. The molecule has 0 N–H and O–H groups in total. The van der Waals surface area contributed by atoms with Gasteiger partial charge in [0.25, 0.3) is 0 Å². The third-order valence-electron chi connectivity index (χ3n) is 9.34. The van der Waals surface area contributed by atoms with Crippen LogP contribution in [0.5, 0.6) is 11.5 Å². The highest BCUT2D eigenvalue weighted by Crippen LogP contribution is 2.78. The number of methoxy groups -OCH3 is 2. The van der Waals surface area contributed by atoms with Crippen molar-refractivity contribution in [3.05, 3.63) is 35.1 Å². The van der Waals surface area contributed by atoms with Gasteiger partial charge in [0.15, 0.2) is 11.5 Å². The average molecular weight is 426 g/mol. The molecule has 7 rings (SSSR count). The van der Waals surface area contributed by atoms with Gasteiger partial charge in [-0.25, -0.2) is 0 Å². The Labute approximate surface area is 183 Å². The number of fused-ring (bicyclic) bond motifs is 1. The molecule has 2 heterocycles. The molecule has 6 aliphatic rings. The molecular weight excluding hydrogens is 394 g/mol. The lowest BCUT2D eigenvalue weighted by Gasteiger charge is -2.72. The number of carbonyl (C=O) groups is 1. The molecule has 6 atom stereocenters. The number of nitrogens with zero attached hydrogens (tertiary/aromatic N) is 1. The van der Waals surface area contributed by atoms with Gasteiger partial charge >= 0.3 is 5.97 Å². The fraction of sp³-hybridized carbons (Fsp3) is 0.640. The van der Waals surface area contributed by atoms with E-state index in [2.05, 4.69) is 31.0 Å². The summed E-state index contributed by atoms with van der Waals surface area (Å²) in [6.45, 7) is 5.50. The lowest BCUT2D eigenvalue weighted by Crippen LogP contribution is -2.80. The lowest BCUT2D eigenvalue weighted by molar-refractivity contribution is -0.213. The highest BCUT2D eigenvalue weighted by atomic mass is 16.5. The van der Waals surface area contributed by atoms with E-state index < -0.39 is 11.0 Å². The van der Waals surface area contributed by atoms with E-state index in [0.29, 0.717) is 13.0 Å². The average Bonchev–Trinajstić information content (AvgIpc) is 3.05. The lowest BCUT2D eigenvalue weighted by atomic mass is 9.33. The summed E-state index contributed by atoms with van der Waals surface area (Å²) in [6.07, 6.45) is 4.81. The fourth-order valence-electron chi connectivity index (χ4n) is 8.30. The minimum absolute atomic E-state index is 0.0131. The molecule has 0 amide bonds. The van der Waals surface area contributed by atoms with E-state index in [4.69, 9.17) is 18.9 Å². The van der Waals surface area contributed by atoms with Crippen LogP contribution in [0.3, 0.4) is 0 Å². The van der Waals surface area contributed by atoms with E-state index in [1.54, 1.807) is 14.2 Å². The third-order valence-corrected chi connectivity index (χ3v) is 9.34. The minimum Gasteiger partial charge on any atom is -0.501 e. The number of carbonyl (C=O) groups excluding carboxylic acids is 1. The number of benzene rings is 1. The van der Waals surface area contributed by atoms with Crippen LogP contribution < -0.4 is 9.47 Å². The molecule has 1 aromatic carbocycles. The second-order valence-corrected chi connectivity index (χ2v) is 9.97. The van der Waals surface area contributed by atoms with Crippen molar-refractivity contribution in [3.8, 4) is 11.5 Å². The standard InChI is InChI=1S/C25H31NO5/c1-6-30-22(27)16-12-15-18(29-5)13-24(16)19-11-14-7-8-17(28-4)21-20(14)25(24,9-10-26(19)3)23(15,2)31-21/h7-8,13,15-16,19H,6,9-12H2,1-5H3/t15-,16+,19+,23-,24-,25-/m0/s1. The Hall–Kier alpha value is -2.21. The molecule has 4 bridgehead atoms. The van der Waals surface area contributed by atoms with E-state index in [1.807, 2.05) is 13.0 Å². The van der Waals surface area contributed by atoms with Gasteiger partial charge in [0.2, 0.25) is 0 Å². The monoisotopic (exact) mass is 425 g/mol. The molecule has 0 radical (unpaired) electrons. The first-order valence-corrected chi connectivity index (χ1v) is 11.4. The van der Waals surface area contributed by atoms with Gasteiger partial charge in [-0.15, -0.1) is 0 Å². The van der Waals surface area contributed by atoms with Gasteiger partial charge in [-0.1, -0.05) is 6.07 Å². The predicted octanol–water partition coefficient (Wildman–Crippen LogP) is 3.07. The molecule has 1 saturated carbocycles. The Morgan fingerprint density at radius 3 is 2.81 bits per heavy atom. The molecule has 31 heavy (non-hydrogen) atoms. The molecule has 1 saturated heterocycles. The summed E-state index contributed by atoms with van der Waals surface area (Å²) < 4.78 is 24.3. The van der Waals surface area contributed by atoms with Gasteiger partial charge in [0, 0.05) is 17.0 Å². The molecule has 0 unspecified atom stereocenters. The zero-order valence-corrected chi connectivity index (χ0v) is 19.0. The molecule has 6 heteroatoms. The number of hydrogen-bond acceptors (Lipinski definition) is 6. The van der Waals surface area contributed by atoms with Gasteiger partial charge in [-0.2, -0.15) is 0 Å². The topological polar surface area (TPSA) is 57.2 Å². The normalized spacial score (nSPS) is 41.2. The van der Waals surface area contributed by atoms with Crippen molar-refractivity contribution < 1.29 is 23.7 Å². The summed E-state index contributed by atoms with van der Waals surface area (Å²) in [5, 5.41) is 0. The minimum atomic E-state index is -0.498. The SMILES string of the molecule is CCOC(=O)[C@H]1C[C@H]2C(OC)=C[C@@]13[C@H]1Cc4ccc(OC)c5c4[C@@]3(CCN1C)[C@@]2(C)O5. The number of esters is 1. The van der Waals surface area contributed by atoms with Crippen LogP contribution >= 0.6 is 0 Å². The van der Waals surface area contributed by atoms with E-state index in [1.165, 1.54) is 11.1 Å². The zero-order chi connectivity index (χ0) is 21.8. The van der Waals surface area contributed by atoms with Crippen molar-refractivity contribution in [3.63, 3.8) is 0 Å². The molecule has 166 valence electrons. The number of hydrogen-bond donors (Lipinski definition) is 0. The van der Waals surface area contributed by atoms with E-state index in [9.17, 15) is 4.79 Å². The Balaban J connectivity index is 1.72. The quantitative estimate of drug-likeness (QED) is 0.691. The Bertz CT molecular complexity index is 1020. The molecule has 2 aliphatic heterocycles. The number of ether oxygens (including phenoxy) is 4. The molecule has 2 spiro atoms. The van der Waals surface area contributed by atoms with Gasteiger partial charge in [-0.3, -0.25) is 4.79 Å². The van der Waals surface area contributed by atoms with E-state index >= 15 is 0 Å². The van der Waals surface area contributed by atoms with E-state index in [0.717, 1.165) is 36.6 Å². The molecular formula is C25H31NO5. The molecule has 0 aromatic heterocycles. The van der Waals surface area contributed by atoms with Crippen LogP contribution in [0, 0.1) is 17.3 Å². The second kappa shape index (κ2) is 5.97.